The number of rotatable bonds is 5. The van der Waals surface area contributed by atoms with Crippen LogP contribution in [0.25, 0.3) is 0 Å². The highest BCUT2D eigenvalue weighted by atomic mass is 16.6. The molecule has 0 unspecified atom stereocenters. The first kappa shape index (κ1) is 11.7. The van der Waals surface area contributed by atoms with E-state index in [1.165, 1.54) is 0 Å². The molecule has 0 aliphatic carbocycles. The minimum Gasteiger partial charge on any atom is -0.464 e. The molecule has 0 saturated heterocycles. The van der Waals surface area contributed by atoms with E-state index in [9.17, 15) is 4.79 Å². The summed E-state index contributed by atoms with van der Waals surface area (Å²) in [7, 11) is 0. The van der Waals surface area contributed by atoms with Gasteiger partial charge in [0.1, 0.15) is 6.61 Å². The zero-order valence-corrected chi connectivity index (χ0v) is 9.10. The van der Waals surface area contributed by atoms with Crippen LogP contribution in [0.2, 0.25) is 0 Å². The van der Waals surface area contributed by atoms with Crippen molar-refractivity contribution in [2.75, 3.05) is 13.2 Å². The van der Waals surface area contributed by atoms with Gasteiger partial charge in [0.25, 0.3) is 0 Å². The van der Waals surface area contributed by atoms with Gasteiger partial charge < -0.3 is 9.47 Å². The van der Waals surface area contributed by atoms with E-state index in [0.29, 0.717) is 6.61 Å². The Morgan fingerprint density at radius 3 is 2.60 bits per heavy atom. The molecule has 3 nitrogen and oxygen atoms in total. The van der Waals surface area contributed by atoms with E-state index in [-0.39, 0.29) is 18.7 Å². The van der Waals surface area contributed by atoms with Gasteiger partial charge in [-0.25, -0.2) is 4.79 Å². The van der Waals surface area contributed by atoms with Gasteiger partial charge in [-0.3, -0.25) is 0 Å². The maximum atomic E-state index is 11.0. The largest absolute Gasteiger partial charge is 0.464 e. The summed E-state index contributed by atoms with van der Waals surface area (Å²) in [5.41, 5.74) is 1.06. The van der Waals surface area contributed by atoms with Gasteiger partial charge in [0.2, 0.25) is 0 Å². The molecule has 0 bridgehead atoms. The van der Waals surface area contributed by atoms with Gasteiger partial charge in [0.15, 0.2) is 0 Å². The Balaban J connectivity index is 2.37. The number of hydrogen-bond acceptors (Lipinski definition) is 3. The van der Waals surface area contributed by atoms with Gasteiger partial charge in [-0.1, -0.05) is 30.3 Å². The van der Waals surface area contributed by atoms with Crippen LogP contribution < -0.4 is 0 Å². The number of esters is 1. The molecule has 0 radical (unpaired) electrons. The van der Waals surface area contributed by atoms with E-state index in [4.69, 9.17) is 9.47 Å². The number of hydrogen-bond donors (Lipinski definition) is 0. The second kappa shape index (κ2) is 6.19. The lowest BCUT2D eigenvalue weighted by atomic mass is 10.1. The van der Waals surface area contributed by atoms with Gasteiger partial charge in [-0.15, -0.1) is 0 Å². The molecule has 0 N–H and O–H groups in total. The van der Waals surface area contributed by atoms with Crippen molar-refractivity contribution in [3.05, 3.63) is 35.9 Å². The van der Waals surface area contributed by atoms with Crippen molar-refractivity contribution >= 4 is 5.97 Å². The highest BCUT2D eigenvalue weighted by molar-refractivity contribution is 5.70. The number of benzene rings is 1. The predicted molar refractivity (Wildman–Crippen MR) is 57.4 cm³/mol. The average molecular weight is 208 g/mol. The molecule has 1 rings (SSSR count). The Kier molecular flexibility index (Phi) is 4.84. The summed E-state index contributed by atoms with van der Waals surface area (Å²) < 4.78 is 10.1. The normalized spacial score (nSPS) is 12.1. The van der Waals surface area contributed by atoms with Crippen molar-refractivity contribution in [2.45, 2.75) is 20.0 Å². The standard InChI is InChI=1S/C12H16O3/c1-3-14-12(13)9-15-10(2)11-7-5-4-6-8-11/h4-8,10H,3,9H2,1-2H3/t10-/m0/s1. The summed E-state index contributed by atoms with van der Waals surface area (Å²) in [6.07, 6.45) is -0.0874. The highest BCUT2D eigenvalue weighted by Crippen LogP contribution is 2.15. The fraction of sp³-hybridized carbons (Fsp3) is 0.417. The maximum Gasteiger partial charge on any atom is 0.332 e. The van der Waals surface area contributed by atoms with Crippen molar-refractivity contribution in [3.63, 3.8) is 0 Å². The van der Waals surface area contributed by atoms with Crippen molar-refractivity contribution in [1.29, 1.82) is 0 Å². The second-order valence-corrected chi connectivity index (χ2v) is 3.17. The van der Waals surface area contributed by atoms with Crippen LogP contribution in [0.15, 0.2) is 30.3 Å². The monoisotopic (exact) mass is 208 g/mol. The summed E-state index contributed by atoms with van der Waals surface area (Å²) in [5, 5.41) is 0. The molecule has 0 aliphatic heterocycles. The van der Waals surface area contributed by atoms with Crippen molar-refractivity contribution in [2.24, 2.45) is 0 Å². The first-order chi connectivity index (χ1) is 7.24. The highest BCUT2D eigenvalue weighted by Gasteiger charge is 2.08. The Morgan fingerprint density at radius 1 is 1.33 bits per heavy atom. The fourth-order valence-corrected chi connectivity index (χ4v) is 1.22. The number of carbonyl (C=O) groups excluding carboxylic acids is 1. The smallest absolute Gasteiger partial charge is 0.332 e. The minimum atomic E-state index is -0.319. The Bertz CT molecular complexity index is 295. The third-order valence-corrected chi connectivity index (χ3v) is 2.03. The molecular weight excluding hydrogens is 192 g/mol. The molecule has 0 saturated carbocycles. The summed E-state index contributed by atoms with van der Waals surface area (Å²) in [4.78, 5) is 11.0. The quantitative estimate of drug-likeness (QED) is 0.697. The SMILES string of the molecule is CCOC(=O)CO[C@@H](C)c1ccccc1. The van der Waals surface area contributed by atoms with Crippen LogP contribution in [0.3, 0.4) is 0 Å². The predicted octanol–water partition coefficient (Wildman–Crippen LogP) is 2.33. The molecule has 0 aliphatic rings. The molecular formula is C12H16O3. The molecule has 1 aromatic rings. The first-order valence-electron chi connectivity index (χ1n) is 5.06. The van der Waals surface area contributed by atoms with E-state index in [1.54, 1.807) is 6.92 Å². The van der Waals surface area contributed by atoms with Crippen LogP contribution in [-0.2, 0) is 14.3 Å². The first-order valence-corrected chi connectivity index (χ1v) is 5.06. The summed E-state index contributed by atoms with van der Waals surface area (Å²) in [5.74, 6) is -0.319. The lowest BCUT2D eigenvalue weighted by Gasteiger charge is -2.12. The van der Waals surface area contributed by atoms with Gasteiger partial charge in [-0.05, 0) is 19.4 Å². The second-order valence-electron chi connectivity index (χ2n) is 3.17. The van der Waals surface area contributed by atoms with Crippen LogP contribution in [0.1, 0.15) is 25.5 Å². The molecule has 0 spiro atoms. The lowest BCUT2D eigenvalue weighted by molar-refractivity contribution is -0.150. The zero-order chi connectivity index (χ0) is 11.1. The Hall–Kier alpha value is -1.35. The molecule has 0 amide bonds. The molecule has 0 aromatic heterocycles. The van der Waals surface area contributed by atoms with E-state index in [0.717, 1.165) is 5.56 Å². The van der Waals surface area contributed by atoms with Crippen molar-refractivity contribution < 1.29 is 14.3 Å². The Labute approximate surface area is 90.0 Å². The van der Waals surface area contributed by atoms with E-state index >= 15 is 0 Å². The van der Waals surface area contributed by atoms with Crippen LogP contribution in [0.4, 0.5) is 0 Å². The maximum absolute atomic E-state index is 11.0. The van der Waals surface area contributed by atoms with E-state index in [1.807, 2.05) is 37.3 Å². The molecule has 3 heteroatoms. The van der Waals surface area contributed by atoms with Gasteiger partial charge >= 0.3 is 5.97 Å². The number of carbonyl (C=O) groups is 1. The van der Waals surface area contributed by atoms with E-state index < -0.39 is 0 Å². The topological polar surface area (TPSA) is 35.5 Å². The van der Waals surface area contributed by atoms with Crippen LogP contribution in [0, 0.1) is 0 Å². The molecule has 1 aromatic carbocycles. The fourth-order valence-electron chi connectivity index (χ4n) is 1.22. The summed E-state index contributed by atoms with van der Waals surface area (Å²) in [6, 6.07) is 9.77. The van der Waals surface area contributed by atoms with Crippen molar-refractivity contribution in [3.8, 4) is 0 Å². The summed E-state index contributed by atoms with van der Waals surface area (Å²) in [6.45, 7) is 4.08. The third kappa shape index (κ3) is 4.13. The van der Waals surface area contributed by atoms with E-state index in [2.05, 4.69) is 0 Å². The van der Waals surface area contributed by atoms with Crippen molar-refractivity contribution in [1.82, 2.24) is 0 Å². The van der Waals surface area contributed by atoms with Gasteiger partial charge in [0.05, 0.1) is 12.7 Å². The minimum absolute atomic E-state index is 0.00387. The van der Waals surface area contributed by atoms with Gasteiger partial charge in [-0.2, -0.15) is 0 Å². The van der Waals surface area contributed by atoms with Crippen LogP contribution in [-0.4, -0.2) is 19.2 Å². The number of ether oxygens (including phenoxy) is 2. The van der Waals surface area contributed by atoms with Crippen LogP contribution in [0.5, 0.6) is 0 Å². The molecule has 0 heterocycles. The lowest BCUT2D eigenvalue weighted by Crippen LogP contribution is -2.14. The van der Waals surface area contributed by atoms with Gasteiger partial charge in [0, 0.05) is 0 Å². The molecule has 1 atom stereocenters. The molecule has 15 heavy (non-hydrogen) atoms. The molecule has 82 valence electrons. The third-order valence-electron chi connectivity index (χ3n) is 2.03. The average Bonchev–Trinajstić information content (AvgIpc) is 2.27. The molecule has 0 fully saturated rings. The van der Waals surface area contributed by atoms with Crippen LogP contribution >= 0.6 is 0 Å². The summed E-state index contributed by atoms with van der Waals surface area (Å²) >= 11 is 0. The Morgan fingerprint density at radius 2 is 2.00 bits per heavy atom. The zero-order valence-electron chi connectivity index (χ0n) is 9.10.